The highest BCUT2D eigenvalue weighted by molar-refractivity contribution is 5.89. The van der Waals surface area contributed by atoms with Crippen molar-refractivity contribution in [1.29, 1.82) is 0 Å². The molecule has 0 aliphatic heterocycles. The number of hydrogen-bond acceptors (Lipinski definition) is 3. The van der Waals surface area contributed by atoms with E-state index in [4.69, 9.17) is 10.5 Å². The molecule has 21 heavy (non-hydrogen) atoms. The first-order chi connectivity index (χ1) is 10.2. The number of methoxy groups -OCH3 is 1. The summed E-state index contributed by atoms with van der Waals surface area (Å²) in [6, 6.07) is 7.09. The molecule has 2 rings (SSSR count). The highest BCUT2D eigenvalue weighted by Crippen LogP contribution is 2.34. The van der Waals surface area contributed by atoms with Crippen molar-refractivity contribution < 1.29 is 9.53 Å². The lowest BCUT2D eigenvalue weighted by atomic mass is 9.74. The molecule has 5 nitrogen and oxygen atoms in total. The number of amides is 2. The van der Waals surface area contributed by atoms with Crippen molar-refractivity contribution in [1.82, 2.24) is 5.32 Å². The van der Waals surface area contributed by atoms with Gasteiger partial charge in [0.05, 0.1) is 7.11 Å². The van der Waals surface area contributed by atoms with Crippen LogP contribution in [0.4, 0.5) is 10.5 Å². The molecule has 1 saturated carbocycles. The molecule has 0 radical (unpaired) electrons. The number of carbonyl (C=O) groups is 1. The van der Waals surface area contributed by atoms with Gasteiger partial charge in [-0.15, -0.1) is 0 Å². The molecule has 5 heteroatoms. The molecule has 2 amide bonds. The van der Waals surface area contributed by atoms with Crippen molar-refractivity contribution in [2.75, 3.05) is 25.5 Å². The minimum Gasteiger partial charge on any atom is -0.497 e. The Kier molecular flexibility index (Phi) is 5.44. The molecule has 1 fully saturated rings. The number of nitrogens with one attached hydrogen (secondary N) is 2. The Morgan fingerprint density at radius 2 is 1.90 bits per heavy atom. The first-order valence-corrected chi connectivity index (χ1v) is 7.56. The molecule has 0 atom stereocenters. The summed E-state index contributed by atoms with van der Waals surface area (Å²) in [6.07, 6.45) is 5.90. The van der Waals surface area contributed by atoms with Crippen molar-refractivity contribution in [3.05, 3.63) is 24.3 Å². The topological polar surface area (TPSA) is 76.4 Å². The largest absolute Gasteiger partial charge is 0.497 e. The predicted molar refractivity (Wildman–Crippen MR) is 84.6 cm³/mol. The zero-order valence-corrected chi connectivity index (χ0v) is 12.7. The van der Waals surface area contributed by atoms with Gasteiger partial charge in [-0.25, -0.2) is 4.79 Å². The summed E-state index contributed by atoms with van der Waals surface area (Å²) >= 11 is 0. The van der Waals surface area contributed by atoms with Gasteiger partial charge in [0, 0.05) is 17.6 Å². The van der Waals surface area contributed by atoms with Crippen LogP contribution >= 0.6 is 0 Å². The number of rotatable bonds is 5. The summed E-state index contributed by atoms with van der Waals surface area (Å²) in [4.78, 5) is 12.0. The number of benzene rings is 1. The first-order valence-electron chi connectivity index (χ1n) is 7.56. The smallest absolute Gasteiger partial charge is 0.319 e. The number of ether oxygens (including phenoxy) is 1. The van der Waals surface area contributed by atoms with Gasteiger partial charge in [-0.2, -0.15) is 0 Å². The predicted octanol–water partition coefficient (Wildman–Crippen LogP) is 2.73. The zero-order chi connectivity index (χ0) is 15.1. The monoisotopic (exact) mass is 291 g/mol. The number of urea groups is 1. The zero-order valence-electron chi connectivity index (χ0n) is 12.7. The van der Waals surface area contributed by atoms with E-state index in [9.17, 15) is 4.79 Å². The van der Waals surface area contributed by atoms with Gasteiger partial charge in [-0.3, -0.25) is 0 Å². The van der Waals surface area contributed by atoms with Crippen LogP contribution in [-0.2, 0) is 0 Å². The van der Waals surface area contributed by atoms with E-state index in [1.165, 1.54) is 19.3 Å². The fourth-order valence-electron chi connectivity index (χ4n) is 2.87. The van der Waals surface area contributed by atoms with E-state index in [0.717, 1.165) is 24.3 Å². The van der Waals surface area contributed by atoms with Gasteiger partial charge in [-0.1, -0.05) is 19.3 Å². The second-order valence-corrected chi connectivity index (χ2v) is 5.80. The Morgan fingerprint density at radius 3 is 2.48 bits per heavy atom. The Bertz CT molecular complexity index is 453. The van der Waals surface area contributed by atoms with E-state index < -0.39 is 0 Å². The normalized spacial score (nSPS) is 17.0. The Hall–Kier alpha value is -1.75. The lowest BCUT2D eigenvalue weighted by molar-refractivity contribution is 0.190. The average Bonchev–Trinajstić information content (AvgIpc) is 2.54. The number of nitrogens with two attached hydrogens (primary N) is 1. The molecule has 116 valence electrons. The highest BCUT2D eigenvalue weighted by Gasteiger charge is 2.30. The summed E-state index contributed by atoms with van der Waals surface area (Å²) in [7, 11) is 1.62. The maximum absolute atomic E-state index is 12.0. The molecule has 1 aliphatic carbocycles. The summed E-state index contributed by atoms with van der Waals surface area (Å²) in [5, 5.41) is 5.79. The lowest BCUT2D eigenvalue weighted by Gasteiger charge is -2.36. The van der Waals surface area contributed by atoms with Gasteiger partial charge >= 0.3 is 6.03 Å². The molecular formula is C16H25N3O2. The Labute approximate surface area is 126 Å². The van der Waals surface area contributed by atoms with E-state index in [1.54, 1.807) is 7.11 Å². The third kappa shape index (κ3) is 4.36. The summed E-state index contributed by atoms with van der Waals surface area (Å²) in [5.74, 6) is 0.769. The molecule has 0 bridgehead atoms. The standard InChI is InChI=1S/C16H25N3O2/c1-21-14-7-5-13(6-8-14)19-15(20)18-12-16(11-17)9-3-2-4-10-16/h5-8H,2-4,9-12,17H2,1H3,(H2,18,19,20). The van der Waals surface area contributed by atoms with Gasteiger partial charge in [0.15, 0.2) is 0 Å². The maximum Gasteiger partial charge on any atom is 0.319 e. The van der Waals surface area contributed by atoms with E-state index >= 15 is 0 Å². The first kappa shape index (κ1) is 15.6. The minimum absolute atomic E-state index is 0.0789. The molecule has 1 aromatic rings. The molecule has 1 aliphatic rings. The molecule has 0 saturated heterocycles. The molecular weight excluding hydrogens is 266 g/mol. The van der Waals surface area contributed by atoms with Gasteiger partial charge < -0.3 is 21.1 Å². The molecule has 4 N–H and O–H groups in total. The van der Waals surface area contributed by atoms with E-state index in [-0.39, 0.29) is 11.4 Å². The Morgan fingerprint density at radius 1 is 1.24 bits per heavy atom. The average molecular weight is 291 g/mol. The third-order valence-electron chi connectivity index (χ3n) is 4.32. The fourth-order valence-corrected chi connectivity index (χ4v) is 2.87. The van der Waals surface area contributed by atoms with Crippen LogP contribution in [0, 0.1) is 5.41 Å². The van der Waals surface area contributed by atoms with Gasteiger partial charge in [-0.05, 0) is 43.7 Å². The van der Waals surface area contributed by atoms with Gasteiger partial charge in [0.1, 0.15) is 5.75 Å². The Balaban J connectivity index is 1.83. The van der Waals surface area contributed by atoms with Gasteiger partial charge in [0.25, 0.3) is 0 Å². The summed E-state index contributed by atoms with van der Waals surface area (Å²) in [5.41, 5.74) is 6.75. The fraction of sp³-hybridized carbons (Fsp3) is 0.562. The van der Waals surface area contributed by atoms with Crippen LogP contribution < -0.4 is 21.1 Å². The molecule has 0 heterocycles. The van der Waals surface area contributed by atoms with Crippen LogP contribution in [0.15, 0.2) is 24.3 Å². The van der Waals surface area contributed by atoms with Crippen molar-refractivity contribution >= 4 is 11.7 Å². The van der Waals surface area contributed by atoms with Crippen LogP contribution in [0.3, 0.4) is 0 Å². The second kappa shape index (κ2) is 7.31. The van der Waals surface area contributed by atoms with E-state index in [2.05, 4.69) is 10.6 Å². The SMILES string of the molecule is COc1ccc(NC(=O)NCC2(CN)CCCCC2)cc1. The number of carbonyl (C=O) groups excluding carboxylic acids is 1. The maximum atomic E-state index is 12.0. The number of anilines is 1. The highest BCUT2D eigenvalue weighted by atomic mass is 16.5. The van der Waals surface area contributed by atoms with Crippen LogP contribution in [0.1, 0.15) is 32.1 Å². The molecule has 0 aromatic heterocycles. The van der Waals surface area contributed by atoms with Gasteiger partial charge in [0.2, 0.25) is 0 Å². The van der Waals surface area contributed by atoms with Crippen molar-refractivity contribution in [2.45, 2.75) is 32.1 Å². The van der Waals surface area contributed by atoms with Crippen molar-refractivity contribution in [3.8, 4) is 5.75 Å². The van der Waals surface area contributed by atoms with E-state index in [1.807, 2.05) is 24.3 Å². The molecule has 1 aromatic carbocycles. The van der Waals surface area contributed by atoms with Crippen molar-refractivity contribution in [2.24, 2.45) is 11.1 Å². The third-order valence-corrected chi connectivity index (χ3v) is 4.32. The lowest BCUT2D eigenvalue weighted by Crippen LogP contribution is -2.44. The van der Waals surface area contributed by atoms with Crippen LogP contribution in [0.2, 0.25) is 0 Å². The van der Waals surface area contributed by atoms with Crippen LogP contribution in [0.25, 0.3) is 0 Å². The van der Waals surface area contributed by atoms with Crippen LogP contribution in [0.5, 0.6) is 5.75 Å². The molecule has 0 spiro atoms. The molecule has 0 unspecified atom stereocenters. The second-order valence-electron chi connectivity index (χ2n) is 5.80. The quantitative estimate of drug-likeness (QED) is 0.780. The van der Waals surface area contributed by atoms with Crippen LogP contribution in [-0.4, -0.2) is 26.2 Å². The number of hydrogen-bond donors (Lipinski definition) is 3. The van der Waals surface area contributed by atoms with Crippen molar-refractivity contribution in [3.63, 3.8) is 0 Å². The summed E-state index contributed by atoms with van der Waals surface area (Å²) < 4.78 is 5.09. The summed E-state index contributed by atoms with van der Waals surface area (Å²) in [6.45, 7) is 1.28. The van der Waals surface area contributed by atoms with E-state index in [0.29, 0.717) is 13.1 Å². The minimum atomic E-state index is -0.182.